The molecule has 25 heavy (non-hydrogen) atoms. The Kier molecular flexibility index (Phi) is 5.05. The molecule has 5 heteroatoms. The Labute approximate surface area is 149 Å². The van der Waals surface area contributed by atoms with Gasteiger partial charge in [0.15, 0.2) is 0 Å². The van der Waals surface area contributed by atoms with Crippen LogP contribution in [-0.4, -0.2) is 30.5 Å². The summed E-state index contributed by atoms with van der Waals surface area (Å²) in [6.07, 6.45) is 5.83. The molecule has 1 unspecified atom stereocenters. The molecule has 0 bridgehead atoms. The smallest absolute Gasteiger partial charge is 0.282 e. The molecule has 1 spiro atoms. The minimum atomic E-state index is -2.61. The van der Waals surface area contributed by atoms with Crippen molar-refractivity contribution < 1.29 is 13.5 Å². The van der Waals surface area contributed by atoms with Crippen LogP contribution in [0.2, 0.25) is 0 Å². The molecule has 0 aromatic rings. The first-order chi connectivity index (χ1) is 11.8. The minimum Gasteiger partial charge on any atom is -0.488 e. The highest BCUT2D eigenvalue weighted by Crippen LogP contribution is 2.47. The molecule has 0 radical (unpaired) electrons. The molecule has 2 aliphatic heterocycles. The first kappa shape index (κ1) is 18.2. The molecule has 2 fully saturated rings. The lowest BCUT2D eigenvalue weighted by Gasteiger charge is -2.54. The summed E-state index contributed by atoms with van der Waals surface area (Å²) in [4.78, 5) is 1.55. The Bertz CT molecular complexity index is 624. The number of nitrogens with one attached hydrogen (secondary N) is 1. The van der Waals surface area contributed by atoms with Crippen molar-refractivity contribution >= 4 is 0 Å². The maximum atomic E-state index is 13.9. The van der Waals surface area contributed by atoms with Crippen molar-refractivity contribution in [2.24, 2.45) is 11.3 Å². The molecule has 2 heterocycles. The van der Waals surface area contributed by atoms with Gasteiger partial charge < -0.3 is 15.0 Å². The molecule has 3 nitrogen and oxygen atoms in total. The second-order valence-corrected chi connectivity index (χ2v) is 7.68. The average Bonchev–Trinajstić information content (AvgIpc) is 2.48. The van der Waals surface area contributed by atoms with Crippen molar-refractivity contribution in [2.45, 2.75) is 52.6 Å². The maximum absolute atomic E-state index is 13.9. The summed E-state index contributed by atoms with van der Waals surface area (Å²) < 4.78 is 33.7. The summed E-state index contributed by atoms with van der Waals surface area (Å²) in [6.45, 7) is 11.9. The largest absolute Gasteiger partial charge is 0.488 e. The van der Waals surface area contributed by atoms with Gasteiger partial charge in [-0.05, 0) is 37.8 Å². The van der Waals surface area contributed by atoms with Crippen molar-refractivity contribution in [1.82, 2.24) is 10.2 Å². The third kappa shape index (κ3) is 3.52. The highest BCUT2D eigenvalue weighted by Gasteiger charge is 2.50. The van der Waals surface area contributed by atoms with Crippen LogP contribution in [0, 0.1) is 11.3 Å². The van der Waals surface area contributed by atoms with E-state index in [0.29, 0.717) is 17.0 Å². The van der Waals surface area contributed by atoms with Gasteiger partial charge in [-0.25, -0.2) is 8.78 Å². The van der Waals surface area contributed by atoms with Crippen LogP contribution in [0.5, 0.6) is 0 Å². The van der Waals surface area contributed by atoms with E-state index in [2.05, 4.69) is 25.7 Å². The highest BCUT2D eigenvalue weighted by molar-refractivity contribution is 5.40. The van der Waals surface area contributed by atoms with Gasteiger partial charge >= 0.3 is 0 Å². The van der Waals surface area contributed by atoms with Crippen LogP contribution in [0.1, 0.15) is 40.0 Å². The molecule has 3 aliphatic rings. The summed E-state index contributed by atoms with van der Waals surface area (Å²) in [5.41, 5.74) is 1.59. The fourth-order valence-electron chi connectivity index (χ4n) is 3.78. The first-order valence-corrected chi connectivity index (χ1v) is 9.10. The number of hydrogen-bond donors (Lipinski definition) is 1. The Morgan fingerprint density at radius 2 is 2.12 bits per heavy atom. The number of ether oxygens (including phenoxy) is 1. The summed E-state index contributed by atoms with van der Waals surface area (Å²) in [5, 5.41) is 3.28. The number of halogens is 2. The Balaban J connectivity index is 1.83. The third-order valence-electron chi connectivity index (χ3n) is 5.46. The minimum absolute atomic E-state index is 0.0302. The highest BCUT2D eigenvalue weighted by atomic mass is 19.3. The molecule has 1 saturated carbocycles. The summed E-state index contributed by atoms with van der Waals surface area (Å²) in [5.74, 6) is 0.590. The molecule has 0 amide bonds. The predicted molar refractivity (Wildman–Crippen MR) is 95.8 cm³/mol. The van der Waals surface area contributed by atoms with Crippen LogP contribution in [-0.2, 0) is 4.74 Å². The van der Waals surface area contributed by atoms with E-state index < -0.39 is 6.43 Å². The van der Waals surface area contributed by atoms with Gasteiger partial charge in [0.25, 0.3) is 6.43 Å². The summed E-state index contributed by atoms with van der Waals surface area (Å²) in [7, 11) is 0. The fraction of sp³-hybridized carbons (Fsp3) is 0.600. The molecule has 1 N–H and O–H groups in total. The van der Waals surface area contributed by atoms with Crippen LogP contribution in [0.25, 0.3) is 0 Å². The van der Waals surface area contributed by atoms with E-state index in [1.807, 2.05) is 12.2 Å². The first-order valence-electron chi connectivity index (χ1n) is 9.10. The number of allylic oxidation sites excluding steroid dienone is 5. The van der Waals surface area contributed by atoms with Crippen LogP contribution in [0.15, 0.2) is 47.7 Å². The van der Waals surface area contributed by atoms with E-state index in [0.717, 1.165) is 38.0 Å². The second-order valence-electron chi connectivity index (χ2n) is 7.68. The zero-order chi connectivity index (χ0) is 18.2. The van der Waals surface area contributed by atoms with E-state index in [-0.39, 0.29) is 17.6 Å². The van der Waals surface area contributed by atoms with Gasteiger partial charge in [-0.1, -0.05) is 32.9 Å². The van der Waals surface area contributed by atoms with Crippen molar-refractivity contribution in [3.63, 3.8) is 0 Å². The topological polar surface area (TPSA) is 24.5 Å². The number of alkyl halides is 2. The van der Waals surface area contributed by atoms with Gasteiger partial charge in [0.1, 0.15) is 17.6 Å². The second kappa shape index (κ2) is 6.94. The number of hydrogen-bond acceptors (Lipinski definition) is 3. The number of rotatable bonds is 6. The predicted octanol–water partition coefficient (Wildman–Crippen LogP) is 4.57. The SMILES string of the molecule is C=C(C)N1C(C(F)F)=C(OC2CC3(CNC3)C2)C=C/C1=C/C(C)CC. The molecule has 138 valence electrons. The van der Waals surface area contributed by atoms with Gasteiger partial charge in [-0.3, -0.25) is 0 Å². The Morgan fingerprint density at radius 1 is 1.44 bits per heavy atom. The molecular formula is C20H28F2N2O. The van der Waals surface area contributed by atoms with E-state index in [1.54, 1.807) is 17.9 Å². The molecule has 1 atom stereocenters. The van der Waals surface area contributed by atoms with Crippen molar-refractivity contribution in [3.05, 3.63) is 47.7 Å². The molecular weight excluding hydrogens is 322 g/mol. The van der Waals surface area contributed by atoms with Gasteiger partial charge in [-0.15, -0.1) is 0 Å². The van der Waals surface area contributed by atoms with E-state index in [1.165, 1.54) is 0 Å². The molecule has 1 aliphatic carbocycles. The Morgan fingerprint density at radius 3 is 2.60 bits per heavy atom. The van der Waals surface area contributed by atoms with Gasteiger partial charge in [0.05, 0.1) is 0 Å². The van der Waals surface area contributed by atoms with Crippen molar-refractivity contribution in [1.29, 1.82) is 0 Å². The van der Waals surface area contributed by atoms with E-state index in [9.17, 15) is 8.78 Å². The maximum Gasteiger partial charge on any atom is 0.282 e. The van der Waals surface area contributed by atoms with Gasteiger partial charge in [-0.2, -0.15) is 0 Å². The fourth-order valence-corrected chi connectivity index (χ4v) is 3.78. The Hall–Kier alpha value is -1.62. The van der Waals surface area contributed by atoms with Crippen LogP contribution in [0.4, 0.5) is 8.78 Å². The molecule has 0 aromatic carbocycles. The normalized spacial score (nSPS) is 25.4. The summed E-state index contributed by atoms with van der Waals surface area (Å²) in [6, 6.07) is 0. The lowest BCUT2D eigenvalue weighted by molar-refractivity contribution is -0.0792. The van der Waals surface area contributed by atoms with E-state index >= 15 is 0 Å². The zero-order valence-corrected chi connectivity index (χ0v) is 15.3. The molecule has 1 saturated heterocycles. The standard InChI is InChI=1S/C20H28F2N2O/c1-5-14(4)8-15-6-7-17(18(19(21)22)24(15)13(2)3)25-16-9-20(10-16)11-23-12-20/h6-8,14,16,19,23H,2,5,9-12H2,1,3-4H3/b15-8-. The van der Waals surface area contributed by atoms with Crippen LogP contribution in [0.3, 0.4) is 0 Å². The van der Waals surface area contributed by atoms with Gasteiger partial charge in [0, 0.05) is 29.9 Å². The van der Waals surface area contributed by atoms with Gasteiger partial charge in [0.2, 0.25) is 0 Å². The zero-order valence-electron chi connectivity index (χ0n) is 15.3. The van der Waals surface area contributed by atoms with E-state index in [4.69, 9.17) is 4.74 Å². The average molecular weight is 350 g/mol. The van der Waals surface area contributed by atoms with Crippen LogP contribution >= 0.6 is 0 Å². The molecule has 3 rings (SSSR count). The van der Waals surface area contributed by atoms with Crippen molar-refractivity contribution in [3.8, 4) is 0 Å². The lowest BCUT2D eigenvalue weighted by atomic mass is 9.63. The lowest BCUT2D eigenvalue weighted by Crippen LogP contribution is -2.62. The van der Waals surface area contributed by atoms with Crippen molar-refractivity contribution in [2.75, 3.05) is 13.1 Å². The third-order valence-corrected chi connectivity index (χ3v) is 5.46. The molecule has 0 aromatic heterocycles. The van der Waals surface area contributed by atoms with Crippen LogP contribution < -0.4 is 5.32 Å². The quantitative estimate of drug-likeness (QED) is 0.760. The monoisotopic (exact) mass is 350 g/mol. The number of nitrogens with zero attached hydrogens (tertiary/aromatic N) is 1. The summed E-state index contributed by atoms with van der Waals surface area (Å²) >= 11 is 0.